The number of hydrogen-bond acceptors (Lipinski definition) is 4. The van der Waals surface area contributed by atoms with Gasteiger partial charge in [0.05, 0.1) is 0 Å². The number of aromatic nitrogens is 1. The maximum absolute atomic E-state index is 8.62. The van der Waals surface area contributed by atoms with Gasteiger partial charge in [-0.15, -0.1) is 0 Å². The zero-order valence-corrected chi connectivity index (χ0v) is 6.56. The molecule has 0 aromatic carbocycles. The van der Waals surface area contributed by atoms with Gasteiger partial charge >= 0.3 is 0 Å². The Morgan fingerprint density at radius 1 is 1.75 bits per heavy atom. The molecule has 0 saturated carbocycles. The van der Waals surface area contributed by atoms with E-state index in [1.807, 2.05) is 6.07 Å². The molecule has 1 aromatic heterocycles. The number of hydrogen-bond donors (Lipinski definition) is 0. The Bertz CT molecular complexity index is 313. The standard InChI is InChI=1S/C8H7N3O/c1-12-11-8(5-9)7-3-2-4-10-6-7/h2-4,6H,1H3/b11-8+. The summed E-state index contributed by atoms with van der Waals surface area (Å²) in [6.45, 7) is 0. The Morgan fingerprint density at radius 2 is 2.58 bits per heavy atom. The van der Waals surface area contributed by atoms with Gasteiger partial charge < -0.3 is 4.84 Å². The highest BCUT2D eigenvalue weighted by Gasteiger charge is 2.00. The fourth-order valence-electron chi connectivity index (χ4n) is 0.732. The first-order valence-electron chi connectivity index (χ1n) is 3.30. The smallest absolute Gasteiger partial charge is 0.188 e. The van der Waals surface area contributed by atoms with Crippen molar-refractivity contribution in [1.29, 1.82) is 5.26 Å². The van der Waals surface area contributed by atoms with E-state index in [9.17, 15) is 0 Å². The second kappa shape index (κ2) is 4.09. The normalized spacial score (nSPS) is 10.5. The largest absolute Gasteiger partial charge is 0.398 e. The van der Waals surface area contributed by atoms with E-state index in [4.69, 9.17) is 5.26 Å². The molecule has 0 bridgehead atoms. The summed E-state index contributed by atoms with van der Waals surface area (Å²) in [6.07, 6.45) is 3.19. The monoisotopic (exact) mass is 161 g/mol. The lowest BCUT2D eigenvalue weighted by atomic mass is 10.2. The van der Waals surface area contributed by atoms with Crippen LogP contribution in [-0.2, 0) is 4.84 Å². The molecular formula is C8H7N3O. The molecule has 0 fully saturated rings. The van der Waals surface area contributed by atoms with Gasteiger partial charge in [0.25, 0.3) is 0 Å². The minimum Gasteiger partial charge on any atom is -0.398 e. The van der Waals surface area contributed by atoms with E-state index in [0.29, 0.717) is 5.56 Å². The van der Waals surface area contributed by atoms with Crippen LogP contribution in [0.15, 0.2) is 29.7 Å². The predicted molar refractivity (Wildman–Crippen MR) is 43.4 cm³/mol. The maximum atomic E-state index is 8.62. The Balaban J connectivity index is 2.98. The summed E-state index contributed by atoms with van der Waals surface area (Å²) in [5.74, 6) is 0. The van der Waals surface area contributed by atoms with E-state index in [1.54, 1.807) is 24.5 Å². The van der Waals surface area contributed by atoms with Crippen molar-refractivity contribution < 1.29 is 4.84 Å². The topological polar surface area (TPSA) is 58.3 Å². The molecule has 4 heteroatoms. The van der Waals surface area contributed by atoms with Gasteiger partial charge in [0, 0.05) is 18.0 Å². The van der Waals surface area contributed by atoms with Gasteiger partial charge in [-0.1, -0.05) is 5.16 Å². The lowest BCUT2D eigenvalue weighted by Gasteiger charge is -1.94. The Hall–Kier alpha value is -1.89. The minimum atomic E-state index is 0.227. The summed E-state index contributed by atoms with van der Waals surface area (Å²) in [5, 5.41) is 12.2. The SMILES string of the molecule is CO/N=C(\C#N)c1cccnc1. The van der Waals surface area contributed by atoms with Crippen LogP contribution >= 0.6 is 0 Å². The highest BCUT2D eigenvalue weighted by atomic mass is 16.6. The fourth-order valence-corrected chi connectivity index (χ4v) is 0.732. The second-order valence-corrected chi connectivity index (χ2v) is 1.98. The molecule has 0 unspecified atom stereocenters. The van der Waals surface area contributed by atoms with Gasteiger partial charge in [-0.2, -0.15) is 5.26 Å². The summed E-state index contributed by atoms with van der Waals surface area (Å²) in [6, 6.07) is 5.38. The average Bonchev–Trinajstić information content (AvgIpc) is 2.15. The van der Waals surface area contributed by atoms with E-state index in [1.165, 1.54) is 7.11 Å². The third-order valence-corrected chi connectivity index (χ3v) is 1.22. The van der Waals surface area contributed by atoms with Crippen molar-refractivity contribution in [3.63, 3.8) is 0 Å². The Morgan fingerprint density at radius 3 is 3.08 bits per heavy atom. The molecule has 12 heavy (non-hydrogen) atoms. The molecular weight excluding hydrogens is 154 g/mol. The van der Waals surface area contributed by atoms with E-state index < -0.39 is 0 Å². The number of oxime groups is 1. The molecule has 1 rings (SSSR count). The lowest BCUT2D eigenvalue weighted by molar-refractivity contribution is 0.214. The second-order valence-electron chi connectivity index (χ2n) is 1.98. The summed E-state index contributed by atoms with van der Waals surface area (Å²) >= 11 is 0. The van der Waals surface area contributed by atoms with Gasteiger partial charge in [0.2, 0.25) is 0 Å². The van der Waals surface area contributed by atoms with Crippen LogP contribution in [0.5, 0.6) is 0 Å². The molecule has 0 N–H and O–H groups in total. The summed E-state index contributed by atoms with van der Waals surface area (Å²) in [7, 11) is 1.40. The molecule has 0 spiro atoms. The van der Waals surface area contributed by atoms with Crippen LogP contribution in [0, 0.1) is 11.3 Å². The van der Waals surface area contributed by atoms with Crippen molar-refractivity contribution in [2.24, 2.45) is 5.16 Å². The molecule has 4 nitrogen and oxygen atoms in total. The average molecular weight is 161 g/mol. The number of nitriles is 1. The molecule has 1 heterocycles. The van der Waals surface area contributed by atoms with Gasteiger partial charge in [0.15, 0.2) is 5.71 Å². The van der Waals surface area contributed by atoms with E-state index in [2.05, 4.69) is 15.0 Å². The van der Waals surface area contributed by atoms with Gasteiger partial charge in [-0.05, 0) is 12.1 Å². The molecule has 0 atom stereocenters. The van der Waals surface area contributed by atoms with Gasteiger partial charge in [-0.25, -0.2) is 0 Å². The third kappa shape index (κ3) is 1.80. The quantitative estimate of drug-likeness (QED) is 0.479. The Labute approximate surface area is 70.1 Å². The fraction of sp³-hybridized carbons (Fsp3) is 0.125. The van der Waals surface area contributed by atoms with Crippen molar-refractivity contribution in [3.05, 3.63) is 30.1 Å². The van der Waals surface area contributed by atoms with Crippen LogP contribution in [0.4, 0.5) is 0 Å². The van der Waals surface area contributed by atoms with Crippen molar-refractivity contribution >= 4 is 5.71 Å². The molecule has 0 aliphatic heterocycles. The number of pyridine rings is 1. The Kier molecular flexibility index (Phi) is 2.79. The zero-order chi connectivity index (χ0) is 8.81. The third-order valence-electron chi connectivity index (χ3n) is 1.22. The predicted octanol–water partition coefficient (Wildman–Crippen LogP) is 0.956. The molecule has 0 aliphatic carbocycles. The van der Waals surface area contributed by atoms with Crippen LogP contribution < -0.4 is 0 Å². The number of rotatable bonds is 2. The van der Waals surface area contributed by atoms with Crippen molar-refractivity contribution in [2.75, 3.05) is 7.11 Å². The van der Waals surface area contributed by atoms with Crippen molar-refractivity contribution in [2.45, 2.75) is 0 Å². The molecule has 1 aromatic rings. The summed E-state index contributed by atoms with van der Waals surface area (Å²) in [4.78, 5) is 8.34. The molecule has 0 radical (unpaired) electrons. The molecule has 0 amide bonds. The summed E-state index contributed by atoms with van der Waals surface area (Å²) < 4.78 is 0. The maximum Gasteiger partial charge on any atom is 0.188 e. The first-order valence-corrected chi connectivity index (χ1v) is 3.30. The molecule has 60 valence electrons. The number of nitrogens with zero attached hydrogens (tertiary/aromatic N) is 3. The minimum absolute atomic E-state index is 0.227. The molecule has 0 aliphatic rings. The zero-order valence-electron chi connectivity index (χ0n) is 6.56. The van der Waals surface area contributed by atoms with Crippen LogP contribution in [0.3, 0.4) is 0 Å². The van der Waals surface area contributed by atoms with Crippen molar-refractivity contribution in [3.8, 4) is 6.07 Å². The van der Waals surface area contributed by atoms with Gasteiger partial charge in [0.1, 0.15) is 13.2 Å². The van der Waals surface area contributed by atoms with E-state index >= 15 is 0 Å². The van der Waals surface area contributed by atoms with Crippen molar-refractivity contribution in [1.82, 2.24) is 4.98 Å². The van der Waals surface area contributed by atoms with E-state index in [0.717, 1.165) is 0 Å². The first kappa shape index (κ1) is 8.21. The highest BCUT2D eigenvalue weighted by molar-refractivity contribution is 6.11. The highest BCUT2D eigenvalue weighted by Crippen LogP contribution is 1.97. The van der Waals surface area contributed by atoms with E-state index in [-0.39, 0.29) is 5.71 Å². The van der Waals surface area contributed by atoms with Crippen LogP contribution in [0.25, 0.3) is 0 Å². The van der Waals surface area contributed by atoms with Crippen LogP contribution in [-0.4, -0.2) is 17.8 Å². The van der Waals surface area contributed by atoms with Crippen LogP contribution in [0.1, 0.15) is 5.56 Å². The van der Waals surface area contributed by atoms with Crippen LogP contribution in [0.2, 0.25) is 0 Å². The molecule has 0 saturated heterocycles. The van der Waals surface area contributed by atoms with Gasteiger partial charge in [-0.3, -0.25) is 4.98 Å². The summed E-state index contributed by atoms with van der Waals surface area (Å²) in [5.41, 5.74) is 0.882. The first-order chi connectivity index (χ1) is 5.88. The lowest BCUT2D eigenvalue weighted by Crippen LogP contribution is -1.97.